The van der Waals surface area contributed by atoms with E-state index in [0.717, 1.165) is 25.2 Å². The number of carbonyl (C=O) groups excluding carboxylic acids is 1. The van der Waals surface area contributed by atoms with Crippen molar-refractivity contribution in [1.29, 1.82) is 0 Å². The molecule has 0 amide bonds. The first-order valence-corrected chi connectivity index (χ1v) is 15.0. The predicted molar refractivity (Wildman–Crippen MR) is 138 cm³/mol. The second-order valence-corrected chi connectivity index (χ2v) is 16.1. The van der Waals surface area contributed by atoms with Gasteiger partial charge in [-0.15, -0.1) is 0 Å². The van der Waals surface area contributed by atoms with E-state index in [1.54, 1.807) is 0 Å². The van der Waals surface area contributed by atoms with Crippen LogP contribution in [0.15, 0.2) is 0 Å². The quantitative estimate of drug-likeness (QED) is 0.400. The molecule has 6 aliphatic carbocycles. The topological polar surface area (TPSA) is 37.3 Å². The molecule has 34 heavy (non-hydrogen) atoms. The zero-order valence-electron chi connectivity index (χ0n) is 22.7. The van der Waals surface area contributed by atoms with Gasteiger partial charge in [0, 0.05) is 5.41 Å². The third-order valence-electron chi connectivity index (χ3n) is 14.7. The van der Waals surface area contributed by atoms with Crippen LogP contribution >= 0.6 is 11.6 Å². The van der Waals surface area contributed by atoms with E-state index in [2.05, 4.69) is 41.5 Å². The Hall–Kier alpha value is -0.0800. The second kappa shape index (κ2) is 7.06. The second-order valence-electron chi connectivity index (χ2n) is 15.8. The molecule has 0 aromatic carbocycles. The molecule has 0 aromatic heterocycles. The Morgan fingerprint density at radius 3 is 2.06 bits per heavy atom. The highest BCUT2D eigenvalue weighted by Crippen LogP contribution is 2.79. The SMILES string of the molecule is CC1([C@@H]2CC[C@]3(C(=O)Cl)CC[C@]4(C)[C@H](CC[C@@H]5[C@@]6(C)CC[C@H](O)C(C)(C)[C@@H]6CC[C@]54C)[C@@H]23)CC1. The first-order valence-electron chi connectivity index (χ1n) is 14.6. The maximum Gasteiger partial charge on any atom is 0.228 e. The van der Waals surface area contributed by atoms with Crippen LogP contribution in [-0.4, -0.2) is 16.5 Å². The average molecular weight is 489 g/mol. The Bertz CT molecular complexity index is 892. The molecule has 0 bridgehead atoms. The monoisotopic (exact) mass is 488 g/mol. The molecule has 0 spiro atoms. The number of hydrogen-bond donors (Lipinski definition) is 1. The highest BCUT2D eigenvalue weighted by Gasteiger charge is 2.73. The summed E-state index contributed by atoms with van der Waals surface area (Å²) < 4.78 is 0. The summed E-state index contributed by atoms with van der Waals surface area (Å²) in [5.74, 6) is 3.16. The van der Waals surface area contributed by atoms with Crippen LogP contribution in [0.4, 0.5) is 0 Å². The van der Waals surface area contributed by atoms with Gasteiger partial charge in [0.25, 0.3) is 0 Å². The lowest BCUT2D eigenvalue weighted by molar-refractivity contribution is -0.247. The Labute approximate surface area is 213 Å². The molecule has 10 atom stereocenters. The summed E-state index contributed by atoms with van der Waals surface area (Å²) in [6, 6.07) is 0. The van der Waals surface area contributed by atoms with E-state index in [1.165, 1.54) is 57.8 Å². The molecule has 0 saturated heterocycles. The highest BCUT2D eigenvalue weighted by atomic mass is 35.5. The van der Waals surface area contributed by atoms with Crippen LogP contribution < -0.4 is 0 Å². The van der Waals surface area contributed by atoms with Gasteiger partial charge < -0.3 is 5.11 Å². The summed E-state index contributed by atoms with van der Waals surface area (Å²) in [5.41, 5.74) is 1.15. The molecule has 1 N–H and O–H groups in total. The first kappa shape index (κ1) is 24.3. The maximum absolute atomic E-state index is 13.1. The Morgan fingerprint density at radius 1 is 0.706 bits per heavy atom. The van der Waals surface area contributed by atoms with Crippen molar-refractivity contribution in [3.05, 3.63) is 0 Å². The van der Waals surface area contributed by atoms with Gasteiger partial charge in [0.2, 0.25) is 5.24 Å². The van der Waals surface area contributed by atoms with Gasteiger partial charge in [-0.25, -0.2) is 0 Å². The van der Waals surface area contributed by atoms with Gasteiger partial charge in [-0.2, -0.15) is 0 Å². The van der Waals surface area contributed by atoms with Gasteiger partial charge in [-0.1, -0.05) is 41.5 Å². The molecule has 6 fully saturated rings. The van der Waals surface area contributed by atoms with E-state index in [4.69, 9.17) is 11.6 Å². The summed E-state index contributed by atoms with van der Waals surface area (Å²) in [4.78, 5) is 13.1. The van der Waals surface area contributed by atoms with Crippen molar-refractivity contribution in [2.24, 2.45) is 62.1 Å². The van der Waals surface area contributed by atoms with Crippen LogP contribution in [0, 0.1) is 62.1 Å². The van der Waals surface area contributed by atoms with Gasteiger partial charge in [-0.05, 0) is 145 Å². The number of aliphatic hydroxyl groups excluding tert-OH is 1. The lowest BCUT2D eigenvalue weighted by Crippen LogP contribution is -2.67. The minimum Gasteiger partial charge on any atom is -0.393 e. The van der Waals surface area contributed by atoms with Crippen LogP contribution in [-0.2, 0) is 4.79 Å². The molecule has 0 heterocycles. The smallest absolute Gasteiger partial charge is 0.228 e. The van der Waals surface area contributed by atoms with E-state index in [9.17, 15) is 9.90 Å². The normalized spacial score (nSPS) is 57.1. The number of fused-ring (bicyclic) bond motifs is 7. The Morgan fingerprint density at radius 2 is 1.41 bits per heavy atom. The van der Waals surface area contributed by atoms with Crippen molar-refractivity contribution < 1.29 is 9.90 Å². The molecule has 0 radical (unpaired) electrons. The predicted octanol–water partition coefficient (Wildman–Crippen LogP) is 7.99. The highest BCUT2D eigenvalue weighted by molar-refractivity contribution is 6.64. The lowest BCUT2D eigenvalue weighted by Gasteiger charge is -2.72. The van der Waals surface area contributed by atoms with Crippen molar-refractivity contribution in [3.63, 3.8) is 0 Å². The molecule has 6 rings (SSSR count). The minimum absolute atomic E-state index is 0.00253. The van der Waals surface area contributed by atoms with E-state index in [1.807, 2.05) is 0 Å². The zero-order chi connectivity index (χ0) is 24.5. The van der Waals surface area contributed by atoms with Crippen LogP contribution in [0.3, 0.4) is 0 Å². The molecule has 6 aliphatic rings. The van der Waals surface area contributed by atoms with Crippen molar-refractivity contribution in [2.45, 2.75) is 125 Å². The van der Waals surface area contributed by atoms with E-state index in [0.29, 0.717) is 45.3 Å². The van der Waals surface area contributed by atoms with Gasteiger partial charge >= 0.3 is 0 Å². The Balaban J connectivity index is 1.41. The summed E-state index contributed by atoms with van der Waals surface area (Å²) >= 11 is 6.53. The maximum atomic E-state index is 13.1. The van der Waals surface area contributed by atoms with Gasteiger partial charge in [-0.3, -0.25) is 4.79 Å². The largest absolute Gasteiger partial charge is 0.393 e. The van der Waals surface area contributed by atoms with Crippen LogP contribution in [0.5, 0.6) is 0 Å². The van der Waals surface area contributed by atoms with Crippen molar-refractivity contribution >= 4 is 16.8 Å². The van der Waals surface area contributed by atoms with Crippen LogP contribution in [0.1, 0.15) is 119 Å². The number of rotatable bonds is 2. The summed E-state index contributed by atoms with van der Waals surface area (Å²) in [6.07, 6.45) is 14.3. The van der Waals surface area contributed by atoms with Crippen LogP contribution in [0.25, 0.3) is 0 Å². The average Bonchev–Trinajstić information content (AvgIpc) is 3.37. The van der Waals surface area contributed by atoms with Crippen LogP contribution in [0.2, 0.25) is 0 Å². The minimum atomic E-state index is -0.247. The third-order valence-corrected chi connectivity index (χ3v) is 15.1. The molecule has 0 unspecified atom stereocenters. The van der Waals surface area contributed by atoms with Crippen molar-refractivity contribution in [3.8, 4) is 0 Å². The molecule has 2 nitrogen and oxygen atoms in total. The first-order chi connectivity index (χ1) is 15.8. The number of halogens is 1. The fourth-order valence-corrected chi connectivity index (χ4v) is 12.6. The molecule has 0 aliphatic heterocycles. The molecular formula is C31H49ClO2. The Kier molecular flexibility index (Phi) is 5.04. The van der Waals surface area contributed by atoms with Gasteiger partial charge in [0.1, 0.15) is 0 Å². The molecule has 192 valence electrons. The summed E-state index contributed by atoms with van der Waals surface area (Å²) in [6.45, 7) is 15.1. The van der Waals surface area contributed by atoms with Gasteiger partial charge in [0.15, 0.2) is 0 Å². The van der Waals surface area contributed by atoms with E-state index < -0.39 is 0 Å². The zero-order valence-corrected chi connectivity index (χ0v) is 23.4. The third kappa shape index (κ3) is 2.72. The van der Waals surface area contributed by atoms with E-state index >= 15 is 0 Å². The van der Waals surface area contributed by atoms with Gasteiger partial charge in [0.05, 0.1) is 6.10 Å². The standard InChI is InChI=1S/C31H49ClO2/c1-26(2)21-10-13-30(6)22(28(21,4)12-11-23(26)33)8-7-20-24-19(27(3)15-16-27)9-14-31(24,25(32)34)18-17-29(20,30)5/h19-24,33H,7-18H2,1-6H3/t19-,20-,21+,22-,23+,24-,28+,29-,30-,31+/m1/s1. The summed E-state index contributed by atoms with van der Waals surface area (Å²) in [7, 11) is 0. The summed E-state index contributed by atoms with van der Waals surface area (Å²) in [5, 5.41) is 10.9. The fraction of sp³-hybridized carbons (Fsp3) is 0.968. The molecule has 3 heteroatoms. The number of carbonyl (C=O) groups is 1. The van der Waals surface area contributed by atoms with Crippen molar-refractivity contribution in [1.82, 2.24) is 0 Å². The number of hydrogen-bond acceptors (Lipinski definition) is 2. The number of aliphatic hydroxyl groups is 1. The molecular weight excluding hydrogens is 440 g/mol. The molecule has 0 aromatic rings. The van der Waals surface area contributed by atoms with E-state index in [-0.39, 0.29) is 22.2 Å². The van der Waals surface area contributed by atoms with Crippen molar-refractivity contribution in [2.75, 3.05) is 0 Å². The fourth-order valence-electron chi connectivity index (χ4n) is 12.3. The molecule has 6 saturated carbocycles. The lowest BCUT2D eigenvalue weighted by atomic mass is 9.32.